The first-order valence-electron chi connectivity index (χ1n) is 7.23. The van der Waals surface area contributed by atoms with Crippen LogP contribution in [0.25, 0.3) is 0 Å². The van der Waals surface area contributed by atoms with E-state index in [2.05, 4.69) is 69.4 Å². The van der Waals surface area contributed by atoms with Gasteiger partial charge in [0.05, 0.1) is 0 Å². The second-order valence-corrected chi connectivity index (χ2v) is 10.6. The van der Waals surface area contributed by atoms with Gasteiger partial charge in [0.25, 0.3) is 0 Å². The van der Waals surface area contributed by atoms with Crippen LogP contribution in [0.15, 0.2) is 48.7 Å². The monoisotopic (exact) mass is 275 g/mol. The van der Waals surface area contributed by atoms with Crippen LogP contribution >= 0.6 is 0 Å². The van der Waals surface area contributed by atoms with Crippen LogP contribution in [0.4, 0.5) is 0 Å². The standard InChI is InChI=1S/C17H29NSi/c1-7-9-10-11-15-12-13-16(14-15)19(6,8-2)18-17(3,4)5/h7-8,12-14,16,18H,1-2,9-11H2,3-6H3. The molecule has 2 atom stereocenters. The number of allylic oxidation sites excluding steroid dienone is 5. The third-order valence-corrected chi connectivity index (χ3v) is 7.43. The lowest BCUT2D eigenvalue weighted by atomic mass is 10.1. The molecule has 0 bridgehead atoms. The van der Waals surface area contributed by atoms with Gasteiger partial charge in [-0.2, -0.15) is 0 Å². The van der Waals surface area contributed by atoms with Gasteiger partial charge in [-0.15, -0.1) is 13.2 Å². The van der Waals surface area contributed by atoms with Gasteiger partial charge in [0.2, 0.25) is 0 Å². The Kier molecular flexibility index (Phi) is 5.57. The Bertz CT molecular complexity index is 387. The Balaban J connectivity index is 2.71. The van der Waals surface area contributed by atoms with Gasteiger partial charge in [0, 0.05) is 11.1 Å². The highest BCUT2D eigenvalue weighted by Gasteiger charge is 2.35. The van der Waals surface area contributed by atoms with Gasteiger partial charge >= 0.3 is 0 Å². The van der Waals surface area contributed by atoms with Gasteiger partial charge < -0.3 is 4.98 Å². The maximum absolute atomic E-state index is 4.08. The van der Waals surface area contributed by atoms with E-state index in [1.54, 1.807) is 0 Å². The zero-order valence-electron chi connectivity index (χ0n) is 13.0. The Hall–Kier alpha value is -0.863. The molecule has 106 valence electrons. The highest BCUT2D eigenvalue weighted by Crippen LogP contribution is 2.33. The Morgan fingerprint density at radius 1 is 1.37 bits per heavy atom. The van der Waals surface area contributed by atoms with E-state index in [1.807, 2.05) is 6.08 Å². The van der Waals surface area contributed by atoms with Crippen LogP contribution in [0.3, 0.4) is 0 Å². The maximum Gasteiger partial charge on any atom is 0.157 e. The molecule has 0 radical (unpaired) electrons. The summed E-state index contributed by atoms with van der Waals surface area (Å²) in [5.41, 5.74) is 4.32. The van der Waals surface area contributed by atoms with Crippen LogP contribution in [0, 0.1) is 0 Å². The number of rotatable bonds is 7. The zero-order chi connectivity index (χ0) is 14.5. The molecule has 2 unspecified atom stereocenters. The summed E-state index contributed by atoms with van der Waals surface area (Å²) < 4.78 is 0. The lowest BCUT2D eigenvalue weighted by Crippen LogP contribution is -2.57. The molecule has 0 aromatic carbocycles. The maximum atomic E-state index is 4.08. The smallest absolute Gasteiger partial charge is 0.157 e. The first-order chi connectivity index (χ1) is 8.80. The van der Waals surface area contributed by atoms with Crippen LogP contribution in [-0.4, -0.2) is 13.8 Å². The van der Waals surface area contributed by atoms with E-state index in [4.69, 9.17) is 0 Å². The average Bonchev–Trinajstić information content (AvgIpc) is 2.76. The molecule has 0 saturated carbocycles. The fourth-order valence-electron chi connectivity index (χ4n) is 2.64. The molecule has 0 aliphatic heterocycles. The summed E-state index contributed by atoms with van der Waals surface area (Å²) >= 11 is 0. The van der Waals surface area contributed by atoms with E-state index in [-0.39, 0.29) is 5.54 Å². The first-order valence-corrected chi connectivity index (χ1v) is 9.89. The second-order valence-electron chi connectivity index (χ2n) is 6.67. The van der Waals surface area contributed by atoms with Crippen molar-refractivity contribution in [3.63, 3.8) is 0 Å². The topological polar surface area (TPSA) is 12.0 Å². The van der Waals surface area contributed by atoms with Crippen LogP contribution in [0.5, 0.6) is 0 Å². The second kappa shape index (κ2) is 6.53. The summed E-state index contributed by atoms with van der Waals surface area (Å²) in [6.45, 7) is 16.9. The zero-order valence-corrected chi connectivity index (χ0v) is 14.0. The van der Waals surface area contributed by atoms with Crippen LogP contribution in [0.1, 0.15) is 40.0 Å². The van der Waals surface area contributed by atoms with E-state index >= 15 is 0 Å². The van der Waals surface area contributed by atoms with Crippen molar-refractivity contribution in [2.75, 3.05) is 0 Å². The predicted octanol–water partition coefficient (Wildman–Crippen LogP) is 4.90. The number of hydrogen-bond acceptors (Lipinski definition) is 1. The Morgan fingerprint density at radius 2 is 2.05 bits per heavy atom. The van der Waals surface area contributed by atoms with Gasteiger partial charge in [-0.3, -0.25) is 0 Å². The molecule has 0 aromatic heterocycles. The number of unbranched alkanes of at least 4 members (excludes halogenated alkanes) is 1. The normalized spacial score (nSPS) is 21.9. The Morgan fingerprint density at radius 3 is 2.58 bits per heavy atom. The number of hydrogen-bond donors (Lipinski definition) is 1. The molecule has 0 saturated heterocycles. The minimum Gasteiger partial charge on any atom is -0.329 e. The van der Waals surface area contributed by atoms with Gasteiger partial charge in [0.1, 0.15) is 0 Å². The summed E-state index contributed by atoms with van der Waals surface area (Å²) in [6.07, 6.45) is 12.6. The predicted molar refractivity (Wildman–Crippen MR) is 89.7 cm³/mol. The summed E-state index contributed by atoms with van der Waals surface area (Å²) in [5.74, 6) is 0. The van der Waals surface area contributed by atoms with Crippen LogP contribution in [0.2, 0.25) is 12.1 Å². The minimum absolute atomic E-state index is 0.141. The van der Waals surface area contributed by atoms with Crippen LogP contribution < -0.4 is 4.98 Å². The third-order valence-electron chi connectivity index (χ3n) is 3.55. The van der Waals surface area contributed by atoms with E-state index < -0.39 is 8.24 Å². The van der Waals surface area contributed by atoms with E-state index in [0.29, 0.717) is 5.54 Å². The van der Waals surface area contributed by atoms with E-state index in [9.17, 15) is 0 Å². The van der Waals surface area contributed by atoms with Gasteiger partial charge in [-0.05, 0) is 40.0 Å². The first kappa shape index (κ1) is 16.2. The van der Waals surface area contributed by atoms with Gasteiger partial charge in [-0.1, -0.05) is 42.1 Å². The summed E-state index contributed by atoms with van der Waals surface area (Å²) in [4.78, 5) is 3.82. The molecule has 1 aliphatic rings. The SMILES string of the molecule is C=CCCCC1=CC([Si](C)(C=C)NC(C)(C)C)C=C1. The summed E-state index contributed by atoms with van der Waals surface area (Å²) in [5, 5.41) is 0. The fraction of sp³-hybridized carbons (Fsp3) is 0.529. The highest BCUT2D eigenvalue weighted by atomic mass is 28.3. The average molecular weight is 276 g/mol. The van der Waals surface area contributed by atoms with E-state index in [1.165, 1.54) is 12.0 Å². The van der Waals surface area contributed by atoms with Crippen molar-refractivity contribution in [3.05, 3.63) is 48.7 Å². The van der Waals surface area contributed by atoms with Crippen LogP contribution in [-0.2, 0) is 0 Å². The van der Waals surface area contributed by atoms with Crippen molar-refractivity contribution >= 4 is 8.24 Å². The molecule has 0 heterocycles. The van der Waals surface area contributed by atoms with Crippen molar-refractivity contribution in [3.8, 4) is 0 Å². The van der Waals surface area contributed by atoms with Crippen molar-refractivity contribution in [1.82, 2.24) is 4.98 Å². The highest BCUT2D eigenvalue weighted by molar-refractivity contribution is 6.83. The summed E-state index contributed by atoms with van der Waals surface area (Å²) in [7, 11) is -1.68. The molecule has 0 amide bonds. The third kappa shape index (κ3) is 4.96. The summed E-state index contributed by atoms with van der Waals surface area (Å²) in [6, 6.07) is 0. The molecular weight excluding hydrogens is 246 g/mol. The van der Waals surface area contributed by atoms with Crippen molar-refractivity contribution in [2.45, 2.75) is 57.7 Å². The fourth-order valence-corrected chi connectivity index (χ4v) is 5.85. The van der Waals surface area contributed by atoms with Crippen molar-refractivity contribution < 1.29 is 0 Å². The molecule has 0 spiro atoms. The van der Waals surface area contributed by atoms with Crippen molar-refractivity contribution in [1.29, 1.82) is 0 Å². The minimum atomic E-state index is -1.68. The molecule has 1 nitrogen and oxygen atoms in total. The molecule has 0 fully saturated rings. The largest absolute Gasteiger partial charge is 0.329 e. The van der Waals surface area contributed by atoms with Gasteiger partial charge in [0.15, 0.2) is 8.24 Å². The van der Waals surface area contributed by atoms with Crippen molar-refractivity contribution in [2.24, 2.45) is 0 Å². The van der Waals surface area contributed by atoms with E-state index in [0.717, 1.165) is 12.8 Å². The molecule has 0 aromatic rings. The van der Waals surface area contributed by atoms with Gasteiger partial charge in [-0.25, -0.2) is 0 Å². The molecule has 1 aliphatic carbocycles. The molecule has 2 heteroatoms. The molecule has 1 N–H and O–H groups in total. The lowest BCUT2D eigenvalue weighted by Gasteiger charge is -2.36. The molecule has 1 rings (SSSR count). The Labute approximate surface area is 120 Å². The molecule has 19 heavy (non-hydrogen) atoms. The quantitative estimate of drug-likeness (QED) is 0.396. The number of nitrogens with one attached hydrogen (secondary N) is 1. The molecular formula is C17H29NSi. The lowest BCUT2D eigenvalue weighted by molar-refractivity contribution is 0.512.